The smallest absolute Gasteiger partial charge is 0.305 e. The predicted molar refractivity (Wildman–Crippen MR) is 120 cm³/mol. The van der Waals surface area contributed by atoms with Crippen molar-refractivity contribution >= 4 is 35.0 Å². The molecule has 2 rings (SSSR count). The molecule has 31 heavy (non-hydrogen) atoms. The molecule has 0 heterocycles. The number of aliphatic imine (C=N–C) groups is 1. The number of carboxylic acid groups (broad SMARTS) is 2. The molecule has 0 aliphatic heterocycles. The minimum Gasteiger partial charge on any atom is -0.508 e. The standard InChI is InChI=1S/C22H25N3O5S/c23-22(12-20(27)28,13-21(29)30)19(11-16-1-5-17(6-2-16)25-14-31)24-10-9-15-3-7-18(26)8-4-15/h1-8,19,24,26H,9-13,23H2,(H,27,28)(H,29,30). The quantitative estimate of drug-likeness (QED) is 0.248. The summed E-state index contributed by atoms with van der Waals surface area (Å²) >= 11 is 4.59. The SMILES string of the molecule is NC(CC(=O)O)(CC(=O)O)C(Cc1ccc(N=C=S)cc1)NCCc1ccc(O)cc1. The number of aromatic hydroxyl groups is 1. The normalized spacial score (nSPS) is 12.0. The van der Waals surface area contributed by atoms with Crippen molar-refractivity contribution in [3.8, 4) is 5.75 Å². The summed E-state index contributed by atoms with van der Waals surface area (Å²) in [6, 6.07) is 13.2. The summed E-state index contributed by atoms with van der Waals surface area (Å²) in [5, 5.41) is 33.6. The predicted octanol–water partition coefficient (Wildman–Crippen LogP) is 2.52. The minimum absolute atomic E-state index is 0.167. The average Bonchev–Trinajstić information content (AvgIpc) is 2.69. The third kappa shape index (κ3) is 7.92. The number of isothiocyanates is 1. The number of benzene rings is 2. The van der Waals surface area contributed by atoms with Crippen molar-refractivity contribution in [1.82, 2.24) is 5.32 Å². The van der Waals surface area contributed by atoms with Gasteiger partial charge in [0.25, 0.3) is 0 Å². The lowest BCUT2D eigenvalue weighted by Crippen LogP contribution is -2.60. The lowest BCUT2D eigenvalue weighted by atomic mass is 9.81. The summed E-state index contributed by atoms with van der Waals surface area (Å²) in [6.45, 7) is 0.445. The van der Waals surface area contributed by atoms with Crippen molar-refractivity contribution in [3.05, 3.63) is 59.7 Å². The van der Waals surface area contributed by atoms with Gasteiger partial charge in [-0.1, -0.05) is 24.3 Å². The van der Waals surface area contributed by atoms with Gasteiger partial charge < -0.3 is 26.4 Å². The van der Waals surface area contributed by atoms with Gasteiger partial charge in [0.2, 0.25) is 0 Å². The van der Waals surface area contributed by atoms with Crippen molar-refractivity contribution in [2.45, 2.75) is 37.3 Å². The monoisotopic (exact) mass is 443 g/mol. The fraction of sp³-hybridized carbons (Fsp3) is 0.318. The number of nitrogens with one attached hydrogen (secondary N) is 1. The van der Waals surface area contributed by atoms with Gasteiger partial charge in [0.15, 0.2) is 0 Å². The van der Waals surface area contributed by atoms with E-state index in [1.165, 1.54) is 0 Å². The largest absolute Gasteiger partial charge is 0.508 e. The molecule has 0 aliphatic rings. The maximum absolute atomic E-state index is 11.4. The van der Waals surface area contributed by atoms with Crippen molar-refractivity contribution in [2.24, 2.45) is 10.7 Å². The number of phenolic OH excluding ortho intramolecular Hbond substituents is 1. The van der Waals surface area contributed by atoms with Gasteiger partial charge in [-0.15, -0.1) is 0 Å². The van der Waals surface area contributed by atoms with Gasteiger partial charge in [0.05, 0.1) is 29.2 Å². The second-order valence-corrected chi connectivity index (χ2v) is 7.55. The summed E-state index contributed by atoms with van der Waals surface area (Å²) < 4.78 is 0. The number of hydrogen-bond acceptors (Lipinski definition) is 7. The van der Waals surface area contributed by atoms with Crippen molar-refractivity contribution in [3.63, 3.8) is 0 Å². The fourth-order valence-corrected chi connectivity index (χ4v) is 3.50. The number of nitrogens with two attached hydrogens (primary N) is 1. The van der Waals surface area contributed by atoms with Crippen molar-refractivity contribution < 1.29 is 24.9 Å². The lowest BCUT2D eigenvalue weighted by Gasteiger charge is -2.36. The first-order valence-electron chi connectivity index (χ1n) is 9.62. The molecular formula is C22H25N3O5S. The number of rotatable bonds is 12. The molecule has 9 heteroatoms. The van der Waals surface area contributed by atoms with Crippen LogP contribution < -0.4 is 11.1 Å². The number of nitrogens with zero attached hydrogens (tertiary/aromatic N) is 1. The van der Waals surface area contributed by atoms with Crippen LogP contribution in [0.3, 0.4) is 0 Å². The van der Waals surface area contributed by atoms with E-state index in [2.05, 4.69) is 27.7 Å². The maximum atomic E-state index is 11.4. The van der Waals surface area contributed by atoms with Crippen LogP contribution in [-0.2, 0) is 22.4 Å². The molecule has 0 amide bonds. The molecular weight excluding hydrogens is 418 g/mol. The molecule has 0 saturated heterocycles. The molecule has 0 spiro atoms. The van der Waals surface area contributed by atoms with Crippen LogP contribution in [0.1, 0.15) is 24.0 Å². The van der Waals surface area contributed by atoms with E-state index in [9.17, 15) is 24.9 Å². The summed E-state index contributed by atoms with van der Waals surface area (Å²) in [6.07, 6.45) is -0.0729. The number of thiocarbonyl (C=S) groups is 1. The van der Waals surface area contributed by atoms with Gasteiger partial charge in [0, 0.05) is 6.04 Å². The second kappa shape index (κ2) is 11.3. The number of hydrogen-bond donors (Lipinski definition) is 5. The number of phenols is 1. The molecule has 1 atom stereocenters. The molecule has 0 aromatic heterocycles. The van der Waals surface area contributed by atoms with Crippen molar-refractivity contribution in [1.29, 1.82) is 0 Å². The molecule has 0 saturated carbocycles. The Kier molecular flexibility index (Phi) is 8.84. The van der Waals surface area contributed by atoms with Crippen LogP contribution in [0, 0.1) is 0 Å². The van der Waals surface area contributed by atoms with Gasteiger partial charge in [-0.05, 0) is 67.0 Å². The molecule has 2 aromatic rings. The average molecular weight is 444 g/mol. The minimum atomic E-state index is -1.50. The summed E-state index contributed by atoms with van der Waals surface area (Å²) in [4.78, 5) is 26.8. The topological polar surface area (TPSA) is 145 Å². The van der Waals surface area contributed by atoms with E-state index in [0.29, 0.717) is 25.1 Å². The van der Waals surface area contributed by atoms with Crippen molar-refractivity contribution in [2.75, 3.05) is 6.54 Å². The fourth-order valence-electron chi connectivity index (χ4n) is 3.40. The first-order valence-corrected chi connectivity index (χ1v) is 10.0. The summed E-state index contributed by atoms with van der Waals surface area (Å²) in [5.41, 5.74) is 7.30. The van der Waals surface area contributed by atoms with E-state index in [0.717, 1.165) is 11.1 Å². The molecule has 0 bridgehead atoms. The Morgan fingerprint density at radius 3 is 2.10 bits per heavy atom. The molecule has 8 nitrogen and oxygen atoms in total. The first kappa shape index (κ1) is 24.2. The van der Waals surface area contributed by atoms with E-state index in [1.807, 2.05) is 12.1 Å². The van der Waals surface area contributed by atoms with E-state index in [1.54, 1.807) is 36.4 Å². The zero-order valence-electron chi connectivity index (χ0n) is 16.8. The Morgan fingerprint density at radius 1 is 1.03 bits per heavy atom. The maximum Gasteiger partial charge on any atom is 0.305 e. The Morgan fingerprint density at radius 2 is 1.58 bits per heavy atom. The second-order valence-electron chi connectivity index (χ2n) is 7.37. The van der Waals surface area contributed by atoms with Crippen LogP contribution in [0.25, 0.3) is 0 Å². The van der Waals surface area contributed by atoms with Gasteiger partial charge in [-0.2, -0.15) is 4.99 Å². The van der Waals surface area contributed by atoms with Crippen LogP contribution in [0.4, 0.5) is 5.69 Å². The van der Waals surface area contributed by atoms with Crippen LogP contribution in [0.2, 0.25) is 0 Å². The number of carbonyl (C=O) groups is 2. The molecule has 0 radical (unpaired) electrons. The zero-order chi connectivity index (χ0) is 22.9. The van der Waals surface area contributed by atoms with E-state index < -0.39 is 36.4 Å². The van der Waals surface area contributed by atoms with Crippen LogP contribution in [-0.4, -0.2) is 50.5 Å². The van der Waals surface area contributed by atoms with E-state index in [-0.39, 0.29) is 5.75 Å². The molecule has 0 aliphatic carbocycles. The number of carboxylic acids is 2. The highest BCUT2D eigenvalue weighted by atomic mass is 32.1. The van der Waals surface area contributed by atoms with Crippen LogP contribution >= 0.6 is 12.2 Å². The molecule has 2 aromatic carbocycles. The molecule has 164 valence electrons. The number of aliphatic carboxylic acids is 2. The molecule has 1 unspecified atom stereocenters. The third-order valence-corrected chi connectivity index (χ3v) is 5.04. The third-order valence-electron chi connectivity index (χ3n) is 4.95. The van der Waals surface area contributed by atoms with Gasteiger partial charge in [0.1, 0.15) is 5.75 Å². The lowest BCUT2D eigenvalue weighted by molar-refractivity contribution is -0.141. The molecule has 0 fully saturated rings. The van der Waals surface area contributed by atoms with Gasteiger partial charge in [-0.25, -0.2) is 0 Å². The van der Waals surface area contributed by atoms with E-state index >= 15 is 0 Å². The first-order chi connectivity index (χ1) is 14.7. The van der Waals surface area contributed by atoms with Gasteiger partial charge >= 0.3 is 11.9 Å². The highest BCUT2D eigenvalue weighted by Gasteiger charge is 2.39. The summed E-state index contributed by atoms with van der Waals surface area (Å²) in [5.74, 6) is -2.17. The van der Waals surface area contributed by atoms with Crippen LogP contribution in [0.15, 0.2) is 53.5 Å². The Balaban J connectivity index is 2.22. The van der Waals surface area contributed by atoms with Crippen LogP contribution in [0.5, 0.6) is 5.75 Å². The molecule has 6 N–H and O–H groups in total. The highest BCUT2D eigenvalue weighted by molar-refractivity contribution is 7.78. The van der Waals surface area contributed by atoms with Gasteiger partial charge in [-0.3, -0.25) is 9.59 Å². The zero-order valence-corrected chi connectivity index (χ0v) is 17.6. The highest BCUT2D eigenvalue weighted by Crippen LogP contribution is 2.23. The Hall–Kier alpha value is -3.10. The van der Waals surface area contributed by atoms with E-state index in [4.69, 9.17) is 5.73 Å². The Labute approximate surface area is 185 Å². The summed E-state index contributed by atoms with van der Waals surface area (Å²) in [7, 11) is 0. The Bertz CT molecular complexity index is 925.